The highest BCUT2D eigenvalue weighted by atomic mass is 32.2. The zero-order chi connectivity index (χ0) is 57.4. The molecule has 2 fully saturated rings. The molecule has 8 amide bonds. The van der Waals surface area contributed by atoms with Gasteiger partial charge in [-0.3, -0.25) is 43.3 Å². The minimum Gasteiger partial charge on any atom is -0.505 e. The molecule has 2 bridgehead atoms. The van der Waals surface area contributed by atoms with Crippen LogP contribution in [0.1, 0.15) is 62.5 Å². The second-order valence-electron chi connectivity index (χ2n) is 19.6. The van der Waals surface area contributed by atoms with E-state index in [1.54, 1.807) is 82.5 Å². The Hall–Kier alpha value is -7.61. The average Bonchev–Trinajstić information content (AvgIpc) is 3.43. The Morgan fingerprint density at radius 2 is 1.18 bits per heavy atom. The Kier molecular flexibility index (Phi) is 19.6. The van der Waals surface area contributed by atoms with Crippen LogP contribution in [0, 0.1) is 11.8 Å². The number of ether oxygens (including phenoxy) is 2. The van der Waals surface area contributed by atoms with Gasteiger partial charge in [-0.05, 0) is 56.2 Å². The number of pyridine rings is 1. The van der Waals surface area contributed by atoms with Gasteiger partial charge in [0.05, 0.1) is 27.3 Å². The fourth-order valence-corrected chi connectivity index (χ4v) is 11.6. The molecule has 2 saturated heterocycles. The number of aromatic nitrogens is 3. The van der Waals surface area contributed by atoms with Crippen LogP contribution in [0.5, 0.6) is 5.75 Å². The molecule has 418 valence electrons. The number of nitrogens with zero attached hydrogens (tertiary/aromatic N) is 7. The van der Waals surface area contributed by atoms with Gasteiger partial charge in [-0.2, -0.15) is 0 Å². The minimum absolute atomic E-state index is 0.188. The summed E-state index contributed by atoms with van der Waals surface area (Å²) in [6.45, 7) is 7.53. The fraction of sp³-hybridized carbons (Fsp3) is 0.481. The van der Waals surface area contributed by atoms with Gasteiger partial charge in [0, 0.05) is 39.3 Å². The Morgan fingerprint density at radius 1 is 0.679 bits per heavy atom. The lowest BCUT2D eigenvalue weighted by molar-refractivity contribution is -0.160. The van der Waals surface area contributed by atoms with E-state index in [0.29, 0.717) is 21.9 Å². The molecule has 2 aromatic heterocycles. The van der Waals surface area contributed by atoms with E-state index in [1.807, 2.05) is 0 Å². The molecule has 0 aliphatic carbocycles. The zero-order valence-electron chi connectivity index (χ0n) is 45.0. The van der Waals surface area contributed by atoms with Crippen LogP contribution in [0.3, 0.4) is 0 Å². The molecular weight excluding hydrogens is 1050 g/mol. The van der Waals surface area contributed by atoms with E-state index in [4.69, 9.17) is 9.47 Å². The Balaban J connectivity index is 1.43. The van der Waals surface area contributed by atoms with E-state index in [0.717, 1.165) is 43.1 Å². The predicted molar refractivity (Wildman–Crippen MR) is 288 cm³/mol. The van der Waals surface area contributed by atoms with Gasteiger partial charge in [0.1, 0.15) is 73.0 Å². The molecule has 26 heteroatoms. The van der Waals surface area contributed by atoms with Crippen LogP contribution in [0.15, 0.2) is 60.8 Å². The minimum atomic E-state index is -1.75. The highest BCUT2D eigenvalue weighted by Gasteiger charge is 2.45. The van der Waals surface area contributed by atoms with Gasteiger partial charge in [-0.25, -0.2) is 19.6 Å². The summed E-state index contributed by atoms with van der Waals surface area (Å²) < 4.78 is 10.5. The molecule has 2 aliphatic heterocycles. The Bertz CT molecular complexity index is 2980. The van der Waals surface area contributed by atoms with Gasteiger partial charge in [0.25, 0.3) is 11.8 Å². The van der Waals surface area contributed by atoms with Gasteiger partial charge in [-0.1, -0.05) is 58.0 Å². The standard InChI is InChI=1S/C52H65N11O13S2/c1-25(2)39-50(73)75-22-34(58-42(65)33-21-53-31-18-14-15-19-32(31)56-33)43(66)55-28(6)47(70)63(10)41-49(72)62(9)40(26(3)4)51(74)76-23-35(59-45(68)38-37(64)20-29-16-12-13-17-30(29)57-38)44(67)54-27(5)46(69)60(7)36(48(71)61(39)8)24-78-52(41)77-11/h12-21,25-28,34-36,39-41,52,64H,22-24H2,1-11H3,(H,54,67)(H,55,66)(H,58,65)(H,59,68)/t27-,28-,34+,35+,36-,39-,40-,41+,52+/m0/s1. The third-order valence-corrected chi connectivity index (χ3v) is 16.2. The van der Waals surface area contributed by atoms with Gasteiger partial charge < -0.3 is 55.4 Å². The molecule has 24 nitrogen and oxygen atoms in total. The van der Waals surface area contributed by atoms with E-state index in [-0.39, 0.29) is 11.4 Å². The molecule has 5 N–H and O–H groups in total. The number of thioether (sulfide) groups is 2. The third-order valence-electron chi connectivity index (χ3n) is 13.4. The van der Waals surface area contributed by atoms with E-state index >= 15 is 9.59 Å². The van der Waals surface area contributed by atoms with Gasteiger partial charge in [0.2, 0.25) is 35.4 Å². The maximum Gasteiger partial charge on any atom is 0.329 e. The second-order valence-corrected chi connectivity index (χ2v) is 22.1. The first-order chi connectivity index (χ1) is 36.9. The number of hydrogen-bond acceptors (Lipinski definition) is 18. The smallest absolute Gasteiger partial charge is 0.329 e. The van der Waals surface area contributed by atoms with Crippen LogP contribution >= 0.6 is 23.5 Å². The molecule has 9 atom stereocenters. The summed E-state index contributed by atoms with van der Waals surface area (Å²) in [6.07, 6.45) is 2.85. The number of cyclic esters (lactones) is 2. The van der Waals surface area contributed by atoms with Crippen molar-refractivity contribution in [1.82, 2.24) is 55.8 Å². The maximum absolute atomic E-state index is 15.2. The summed E-state index contributed by atoms with van der Waals surface area (Å²) in [5.74, 6) is -11.3. The first-order valence-electron chi connectivity index (χ1n) is 24.9. The molecule has 0 spiro atoms. The number of fused-ring (bicyclic) bond motifs is 6. The monoisotopic (exact) mass is 1120 g/mol. The van der Waals surface area contributed by atoms with Crippen LogP contribution in [0.2, 0.25) is 0 Å². The SMILES string of the molecule is CS[C@@H]1SC[C@H]2C(=O)N(C)[C@@H](C(C)C)C(=O)OC[C@@H](NC(=O)c3cnc4ccccc4n3)C(=O)N[C@@H](C)C(=O)N(C)[C@@H]1C(=O)N(C)[C@@H](C(C)C)C(=O)OC[C@@H](NC(=O)c1nc3ccccc3cc1O)C(=O)N[C@@H](C)C(=O)N2C. The van der Waals surface area contributed by atoms with Crippen molar-refractivity contribution < 1.29 is 62.5 Å². The highest BCUT2D eigenvalue weighted by molar-refractivity contribution is 8.16. The second kappa shape index (κ2) is 25.7. The lowest BCUT2D eigenvalue weighted by Crippen LogP contribution is -2.60. The van der Waals surface area contributed by atoms with E-state index in [9.17, 15) is 43.5 Å². The van der Waals surface area contributed by atoms with Crippen molar-refractivity contribution in [3.8, 4) is 5.75 Å². The molecule has 0 saturated carbocycles. The van der Waals surface area contributed by atoms with Crippen molar-refractivity contribution in [2.24, 2.45) is 11.8 Å². The number of likely N-dealkylation sites (N-methyl/N-ethyl adjacent to an activating group) is 4. The number of nitrogens with one attached hydrogen (secondary N) is 4. The van der Waals surface area contributed by atoms with Crippen LogP contribution in [0.25, 0.3) is 21.9 Å². The first-order valence-corrected chi connectivity index (χ1v) is 27.3. The number of para-hydroxylation sites is 3. The largest absolute Gasteiger partial charge is 0.505 e. The Labute approximate surface area is 458 Å². The highest BCUT2D eigenvalue weighted by Crippen LogP contribution is 2.32. The molecule has 78 heavy (non-hydrogen) atoms. The number of esters is 2. The lowest BCUT2D eigenvalue weighted by Gasteiger charge is -2.40. The average molecular weight is 1120 g/mol. The van der Waals surface area contributed by atoms with Crippen molar-refractivity contribution in [3.63, 3.8) is 0 Å². The molecular formula is C52H65N11O13S2. The number of benzene rings is 2. The third kappa shape index (κ3) is 13.4. The number of aromatic hydroxyl groups is 1. The lowest BCUT2D eigenvalue weighted by atomic mass is 10.0. The topological polar surface area (TPSA) is 309 Å². The normalized spacial score (nSPS) is 25.2. The summed E-state index contributed by atoms with van der Waals surface area (Å²) in [5.41, 5.74) is 0.544. The summed E-state index contributed by atoms with van der Waals surface area (Å²) in [6, 6.07) is 2.71. The molecule has 2 aliphatic rings. The van der Waals surface area contributed by atoms with Crippen LogP contribution < -0.4 is 21.3 Å². The van der Waals surface area contributed by atoms with Crippen molar-refractivity contribution in [2.45, 2.75) is 94.5 Å². The maximum atomic E-state index is 15.2. The van der Waals surface area contributed by atoms with Crippen LogP contribution in [0.4, 0.5) is 0 Å². The van der Waals surface area contributed by atoms with E-state index in [1.165, 1.54) is 54.3 Å². The molecule has 4 aromatic rings. The number of amides is 8. The molecule has 2 aromatic carbocycles. The van der Waals surface area contributed by atoms with Crippen LogP contribution in [-0.4, -0.2) is 205 Å². The van der Waals surface area contributed by atoms with Crippen molar-refractivity contribution in [2.75, 3.05) is 53.4 Å². The molecule has 4 heterocycles. The zero-order valence-corrected chi connectivity index (χ0v) is 46.7. The molecule has 6 rings (SSSR count). The van der Waals surface area contributed by atoms with Gasteiger partial charge in [-0.15, -0.1) is 23.5 Å². The van der Waals surface area contributed by atoms with Gasteiger partial charge in [0.15, 0.2) is 5.69 Å². The quantitative estimate of drug-likeness (QED) is 0.161. The molecule has 0 radical (unpaired) electrons. The van der Waals surface area contributed by atoms with Crippen molar-refractivity contribution in [3.05, 3.63) is 72.2 Å². The van der Waals surface area contributed by atoms with Crippen molar-refractivity contribution in [1.29, 1.82) is 0 Å². The summed E-state index contributed by atoms with van der Waals surface area (Å²) in [4.78, 5) is 162. The first kappa shape index (κ1) is 59.6. The number of carbonyl (C=O) groups excluding carboxylic acids is 10. The summed E-state index contributed by atoms with van der Waals surface area (Å²) >= 11 is 2.13. The van der Waals surface area contributed by atoms with E-state index in [2.05, 4.69) is 36.2 Å². The molecule has 0 unspecified atom stereocenters. The predicted octanol–water partition coefficient (Wildman–Crippen LogP) is 0.946. The summed E-state index contributed by atoms with van der Waals surface area (Å²) in [5, 5.41) is 21.5. The van der Waals surface area contributed by atoms with E-state index < -0.39 is 149 Å². The Morgan fingerprint density at radius 3 is 1.73 bits per heavy atom. The summed E-state index contributed by atoms with van der Waals surface area (Å²) in [7, 11) is 5.26. The van der Waals surface area contributed by atoms with Crippen molar-refractivity contribution >= 4 is 105 Å². The fourth-order valence-electron chi connectivity index (χ4n) is 9.08. The van der Waals surface area contributed by atoms with Crippen LogP contribution in [-0.2, 0) is 47.8 Å². The number of carbonyl (C=O) groups is 10. The number of rotatable bonds is 7. The van der Waals surface area contributed by atoms with Gasteiger partial charge >= 0.3 is 11.9 Å². The number of hydrogen-bond donors (Lipinski definition) is 5.